The van der Waals surface area contributed by atoms with Crippen molar-refractivity contribution in [3.8, 4) is 16.9 Å². The first kappa shape index (κ1) is 13.8. The summed E-state index contributed by atoms with van der Waals surface area (Å²) in [6.07, 6.45) is 0. The zero-order valence-corrected chi connectivity index (χ0v) is 13.0. The van der Waals surface area contributed by atoms with Crippen molar-refractivity contribution in [2.24, 2.45) is 0 Å². The average Bonchev–Trinajstić information content (AvgIpc) is 2.75. The predicted molar refractivity (Wildman–Crippen MR) is 89.5 cm³/mol. The van der Waals surface area contributed by atoms with Gasteiger partial charge in [-0.2, -0.15) is 0 Å². The Hall–Kier alpha value is -2.81. The number of ether oxygens (including phenoxy) is 1. The number of esters is 1. The molecule has 3 aromatic rings. The second kappa shape index (κ2) is 4.59. The topological polar surface area (TPSA) is 46.5 Å². The molecule has 3 aromatic carbocycles. The molecule has 4 rings (SSSR count). The first-order valence-corrected chi connectivity index (χ1v) is 7.56. The number of fused-ring (bicyclic) bond motifs is 2. The number of phenols is 1. The van der Waals surface area contributed by atoms with Crippen LogP contribution in [0.25, 0.3) is 21.9 Å². The van der Waals surface area contributed by atoms with Gasteiger partial charge in [0.25, 0.3) is 0 Å². The van der Waals surface area contributed by atoms with Gasteiger partial charge in [-0.3, -0.25) is 0 Å². The first-order valence-electron chi connectivity index (χ1n) is 7.56. The Labute approximate surface area is 134 Å². The Kier molecular flexibility index (Phi) is 2.76. The Balaban J connectivity index is 2.20. The quantitative estimate of drug-likeness (QED) is 0.667. The number of aromatic hydroxyl groups is 1. The van der Waals surface area contributed by atoms with Crippen molar-refractivity contribution < 1.29 is 14.6 Å². The molecule has 0 spiro atoms. The molecule has 0 unspecified atom stereocenters. The fraction of sp³-hybridized carbons (Fsp3) is 0.150. The van der Waals surface area contributed by atoms with E-state index in [1.54, 1.807) is 12.1 Å². The van der Waals surface area contributed by atoms with Crippen LogP contribution >= 0.6 is 0 Å². The summed E-state index contributed by atoms with van der Waals surface area (Å²) in [5.74, 6) is -0.130. The van der Waals surface area contributed by atoms with Crippen molar-refractivity contribution in [3.63, 3.8) is 0 Å². The molecule has 0 atom stereocenters. The molecule has 0 saturated carbocycles. The third-order valence-corrected chi connectivity index (χ3v) is 4.36. The molecule has 3 nitrogen and oxygen atoms in total. The lowest BCUT2D eigenvalue weighted by atomic mass is 9.84. The van der Waals surface area contributed by atoms with Gasteiger partial charge in [0.05, 0.1) is 5.56 Å². The van der Waals surface area contributed by atoms with Gasteiger partial charge < -0.3 is 9.84 Å². The first-order chi connectivity index (χ1) is 11.0. The maximum Gasteiger partial charge on any atom is 0.339 e. The molecule has 3 heteroatoms. The summed E-state index contributed by atoms with van der Waals surface area (Å²) in [4.78, 5) is 12.3. The molecule has 0 aromatic heterocycles. The zero-order valence-electron chi connectivity index (χ0n) is 13.0. The summed E-state index contributed by atoms with van der Waals surface area (Å²) < 4.78 is 5.58. The van der Waals surface area contributed by atoms with E-state index in [2.05, 4.69) is 0 Å². The van der Waals surface area contributed by atoms with E-state index in [-0.39, 0.29) is 11.7 Å². The SMILES string of the molecule is CC1(C)OC(=O)c2cc3cc(O)ccc3c(-c3ccccc3)c21. The number of cyclic esters (lactones) is 1. The number of rotatable bonds is 1. The normalized spacial score (nSPS) is 15.5. The molecule has 0 amide bonds. The Morgan fingerprint density at radius 1 is 1.00 bits per heavy atom. The van der Waals surface area contributed by atoms with E-state index >= 15 is 0 Å². The zero-order chi connectivity index (χ0) is 16.2. The highest BCUT2D eigenvalue weighted by molar-refractivity contribution is 6.08. The van der Waals surface area contributed by atoms with Crippen molar-refractivity contribution in [3.05, 3.63) is 65.7 Å². The van der Waals surface area contributed by atoms with Gasteiger partial charge in [-0.1, -0.05) is 36.4 Å². The van der Waals surface area contributed by atoms with Crippen LogP contribution in [0.15, 0.2) is 54.6 Å². The van der Waals surface area contributed by atoms with E-state index in [0.717, 1.165) is 27.5 Å². The van der Waals surface area contributed by atoms with E-state index in [0.29, 0.717) is 5.56 Å². The van der Waals surface area contributed by atoms with Crippen LogP contribution in [-0.2, 0) is 10.3 Å². The van der Waals surface area contributed by atoms with Gasteiger partial charge in [0.15, 0.2) is 0 Å². The molecule has 1 heterocycles. The van der Waals surface area contributed by atoms with Gasteiger partial charge in [-0.15, -0.1) is 0 Å². The fourth-order valence-corrected chi connectivity index (χ4v) is 3.42. The van der Waals surface area contributed by atoms with Crippen LogP contribution in [0.1, 0.15) is 29.8 Å². The smallest absolute Gasteiger partial charge is 0.339 e. The average molecular weight is 304 g/mol. The highest BCUT2D eigenvalue weighted by atomic mass is 16.6. The minimum Gasteiger partial charge on any atom is -0.508 e. The van der Waals surface area contributed by atoms with Crippen LogP contribution in [0.2, 0.25) is 0 Å². The molecule has 0 radical (unpaired) electrons. The standard InChI is InChI=1S/C20H16O3/c1-20(2)18-16(19(22)23-20)11-13-10-14(21)8-9-15(13)17(18)12-6-4-3-5-7-12/h3-11,21H,1-2H3. The molecule has 0 bridgehead atoms. The molecule has 0 aliphatic carbocycles. The summed E-state index contributed by atoms with van der Waals surface area (Å²) in [6, 6.07) is 17.0. The van der Waals surface area contributed by atoms with E-state index in [9.17, 15) is 9.90 Å². The van der Waals surface area contributed by atoms with Gasteiger partial charge in [0, 0.05) is 5.56 Å². The summed E-state index contributed by atoms with van der Waals surface area (Å²) in [5, 5.41) is 11.6. The van der Waals surface area contributed by atoms with Crippen LogP contribution in [-0.4, -0.2) is 11.1 Å². The van der Waals surface area contributed by atoms with E-state index in [1.165, 1.54) is 0 Å². The molecule has 0 saturated heterocycles. The second-order valence-electron chi connectivity index (χ2n) is 6.35. The molecule has 1 aliphatic heterocycles. The summed E-state index contributed by atoms with van der Waals surface area (Å²) in [5.41, 5.74) is 2.84. The molecule has 114 valence electrons. The predicted octanol–water partition coefficient (Wildman–Crippen LogP) is 4.62. The van der Waals surface area contributed by atoms with Gasteiger partial charge in [-0.05, 0) is 53.9 Å². The number of phenolic OH excluding ortho intramolecular Hbond substituents is 1. The Morgan fingerprint density at radius 2 is 1.74 bits per heavy atom. The number of carbonyl (C=O) groups excluding carboxylic acids is 1. The molecule has 1 aliphatic rings. The lowest BCUT2D eigenvalue weighted by Crippen LogP contribution is -2.17. The minimum absolute atomic E-state index is 0.182. The van der Waals surface area contributed by atoms with Crippen LogP contribution in [0, 0.1) is 0 Å². The molecular weight excluding hydrogens is 288 g/mol. The van der Waals surface area contributed by atoms with Gasteiger partial charge in [-0.25, -0.2) is 4.79 Å². The lowest BCUT2D eigenvalue weighted by molar-refractivity contribution is 0.00972. The largest absolute Gasteiger partial charge is 0.508 e. The molecule has 0 fully saturated rings. The molecule has 23 heavy (non-hydrogen) atoms. The van der Waals surface area contributed by atoms with Gasteiger partial charge >= 0.3 is 5.97 Å². The number of hydrogen-bond acceptors (Lipinski definition) is 3. The van der Waals surface area contributed by atoms with Crippen LogP contribution < -0.4 is 0 Å². The molecule has 1 N–H and O–H groups in total. The number of hydrogen-bond donors (Lipinski definition) is 1. The summed E-state index contributed by atoms with van der Waals surface area (Å²) in [7, 11) is 0. The van der Waals surface area contributed by atoms with Crippen molar-refractivity contribution in [1.29, 1.82) is 0 Å². The summed E-state index contributed by atoms with van der Waals surface area (Å²) in [6.45, 7) is 3.82. The van der Waals surface area contributed by atoms with Crippen LogP contribution in [0.3, 0.4) is 0 Å². The number of benzene rings is 3. The maximum atomic E-state index is 12.3. The number of carbonyl (C=O) groups is 1. The monoisotopic (exact) mass is 304 g/mol. The maximum absolute atomic E-state index is 12.3. The van der Waals surface area contributed by atoms with Crippen molar-refractivity contribution in [1.82, 2.24) is 0 Å². The third-order valence-electron chi connectivity index (χ3n) is 4.36. The van der Waals surface area contributed by atoms with E-state index < -0.39 is 5.60 Å². The van der Waals surface area contributed by atoms with Crippen molar-refractivity contribution in [2.45, 2.75) is 19.4 Å². The van der Waals surface area contributed by atoms with Crippen molar-refractivity contribution >= 4 is 16.7 Å². The Bertz CT molecular complexity index is 940. The highest BCUT2D eigenvalue weighted by Crippen LogP contribution is 2.46. The second-order valence-corrected chi connectivity index (χ2v) is 6.35. The van der Waals surface area contributed by atoms with Gasteiger partial charge in [0.1, 0.15) is 11.4 Å². The van der Waals surface area contributed by atoms with E-state index in [4.69, 9.17) is 4.74 Å². The highest BCUT2D eigenvalue weighted by Gasteiger charge is 2.40. The van der Waals surface area contributed by atoms with Crippen LogP contribution in [0.4, 0.5) is 0 Å². The third kappa shape index (κ3) is 2.00. The van der Waals surface area contributed by atoms with Crippen LogP contribution in [0.5, 0.6) is 5.75 Å². The Morgan fingerprint density at radius 3 is 2.48 bits per heavy atom. The van der Waals surface area contributed by atoms with E-state index in [1.807, 2.05) is 56.3 Å². The fourth-order valence-electron chi connectivity index (χ4n) is 3.42. The van der Waals surface area contributed by atoms with Crippen molar-refractivity contribution in [2.75, 3.05) is 0 Å². The minimum atomic E-state index is -0.677. The molecular formula is C20H16O3. The lowest BCUT2D eigenvalue weighted by Gasteiger charge is -2.22. The van der Waals surface area contributed by atoms with Gasteiger partial charge in [0.2, 0.25) is 0 Å². The summed E-state index contributed by atoms with van der Waals surface area (Å²) >= 11 is 0.